The summed E-state index contributed by atoms with van der Waals surface area (Å²) in [5.41, 5.74) is 9.51. The van der Waals surface area contributed by atoms with Crippen molar-refractivity contribution in [3.8, 4) is 39.6 Å². The molecule has 0 spiro atoms. The van der Waals surface area contributed by atoms with Crippen molar-refractivity contribution in [1.82, 2.24) is 18.7 Å². The molecule has 0 fully saturated rings. The lowest BCUT2D eigenvalue weighted by molar-refractivity contribution is 0.669. The zero-order valence-electron chi connectivity index (χ0n) is 41.9. The summed E-state index contributed by atoms with van der Waals surface area (Å²) in [6.07, 6.45) is 0. The van der Waals surface area contributed by atoms with Crippen LogP contribution < -0.4 is 0 Å². The number of nitrogens with zero attached hydrogens (tertiary/aromatic N) is 4. The van der Waals surface area contributed by atoms with Crippen LogP contribution in [0.15, 0.2) is 223 Å². The van der Waals surface area contributed by atoms with Gasteiger partial charge in [-0.1, -0.05) is 145 Å². The van der Waals surface area contributed by atoms with Gasteiger partial charge in [0.2, 0.25) is 0 Å². The highest BCUT2D eigenvalue weighted by Gasteiger charge is 2.24. The summed E-state index contributed by atoms with van der Waals surface area (Å²) >= 11 is 0. The van der Waals surface area contributed by atoms with Crippen LogP contribution in [-0.2, 0) is 0 Å². The number of hydrogen-bond acceptors (Lipinski definition) is 2. The van der Waals surface area contributed by atoms with Gasteiger partial charge in [0.1, 0.15) is 17.0 Å². The number of hydrogen-bond donors (Lipinski definition) is 0. The summed E-state index contributed by atoms with van der Waals surface area (Å²) in [6, 6.07) is 53.6. The second-order valence-corrected chi connectivity index (χ2v) is 16.1. The molecule has 0 atom stereocenters. The third kappa shape index (κ3) is 4.98. The average molecular weight is 825 g/mol. The van der Waals surface area contributed by atoms with Gasteiger partial charge in [0.15, 0.2) is 0 Å². The Morgan fingerprint density at radius 1 is 0.391 bits per heavy atom. The summed E-state index contributed by atoms with van der Waals surface area (Å²) in [4.78, 5) is 5.64. The number of para-hydroxylation sites is 7. The summed E-state index contributed by atoms with van der Waals surface area (Å²) in [7, 11) is 0. The first-order valence-electron chi connectivity index (χ1n) is 25.1. The zero-order valence-corrected chi connectivity index (χ0v) is 33.9. The van der Waals surface area contributed by atoms with E-state index >= 15 is 0 Å². The van der Waals surface area contributed by atoms with Gasteiger partial charge in [-0.2, -0.15) is 0 Å². The first-order chi connectivity index (χ1) is 35.1. The molecule has 5 aromatic heterocycles. The van der Waals surface area contributed by atoms with Gasteiger partial charge in [-0.3, -0.25) is 4.57 Å². The molecular weight excluding hydrogens is 781 g/mol. The minimum absolute atomic E-state index is 0.157. The molecule has 0 unspecified atom stereocenters. The van der Waals surface area contributed by atoms with Crippen LogP contribution in [0.3, 0.4) is 0 Å². The van der Waals surface area contributed by atoms with E-state index in [2.05, 4.69) is 59.2 Å². The Kier molecular flexibility index (Phi) is 5.88. The van der Waals surface area contributed by atoms with Crippen LogP contribution in [0.25, 0.3) is 127 Å². The number of fused-ring (bicyclic) bond motifs is 12. The fraction of sp³-hybridized carbons (Fsp3) is 0. The van der Waals surface area contributed by atoms with Crippen LogP contribution in [0.4, 0.5) is 0 Å². The molecule has 0 bridgehead atoms. The van der Waals surface area contributed by atoms with E-state index in [4.69, 9.17) is 14.9 Å². The Hall–Kier alpha value is -8.67. The second kappa shape index (κ2) is 13.4. The van der Waals surface area contributed by atoms with Crippen LogP contribution in [0.1, 0.15) is 11.0 Å². The molecule has 0 saturated heterocycles. The Morgan fingerprint density at radius 2 is 0.922 bits per heavy atom. The maximum atomic E-state index is 9.48. The average Bonchev–Trinajstić information content (AvgIpc) is 4.17. The fourth-order valence-corrected chi connectivity index (χ4v) is 10.0. The van der Waals surface area contributed by atoms with Gasteiger partial charge in [0.05, 0.1) is 61.1 Å². The van der Waals surface area contributed by atoms with Gasteiger partial charge >= 0.3 is 0 Å². The van der Waals surface area contributed by atoms with Gasteiger partial charge < -0.3 is 13.6 Å². The van der Waals surface area contributed by atoms with Crippen LogP contribution in [0.5, 0.6) is 0 Å². The van der Waals surface area contributed by atoms with Gasteiger partial charge in [-0.05, 0) is 77.8 Å². The summed E-state index contributed by atoms with van der Waals surface area (Å²) < 4.78 is 85.1. The van der Waals surface area contributed by atoms with E-state index in [1.807, 2.05) is 120 Å². The molecule has 9 aromatic carbocycles. The normalized spacial score (nSPS) is 13.8. The van der Waals surface area contributed by atoms with Crippen LogP contribution in [0.2, 0.25) is 0 Å². The number of aromatic nitrogens is 4. The van der Waals surface area contributed by atoms with Crippen LogP contribution in [0, 0.1) is 0 Å². The fourth-order valence-electron chi connectivity index (χ4n) is 10.0. The van der Waals surface area contributed by atoms with Crippen molar-refractivity contribution in [2.45, 2.75) is 0 Å². The van der Waals surface area contributed by atoms with Gasteiger partial charge in [-0.15, -0.1) is 0 Å². The van der Waals surface area contributed by atoms with Crippen molar-refractivity contribution in [3.63, 3.8) is 0 Å². The lowest BCUT2D eigenvalue weighted by Gasteiger charge is -2.20. The zero-order chi connectivity index (χ0) is 48.8. The molecule has 0 aliphatic rings. The number of pyridine rings is 1. The highest BCUT2D eigenvalue weighted by Crippen LogP contribution is 2.44. The molecular formula is C59H36N4O. The minimum Gasteiger partial charge on any atom is -0.456 e. The van der Waals surface area contributed by atoms with Crippen molar-refractivity contribution in [3.05, 3.63) is 218 Å². The van der Waals surface area contributed by atoms with Crippen molar-refractivity contribution in [2.24, 2.45) is 0 Å². The molecule has 0 radical (unpaired) electrons. The van der Waals surface area contributed by atoms with E-state index < -0.39 is 0 Å². The Bertz CT molecular complexity index is 4490. The third-order valence-corrected chi connectivity index (χ3v) is 12.7. The van der Waals surface area contributed by atoms with E-state index in [0.717, 1.165) is 66.1 Å². The monoisotopic (exact) mass is 824 g/mol. The van der Waals surface area contributed by atoms with Crippen molar-refractivity contribution >= 4 is 87.4 Å². The van der Waals surface area contributed by atoms with Gasteiger partial charge in [0, 0.05) is 54.7 Å². The van der Waals surface area contributed by atoms with E-state index in [0.29, 0.717) is 49.8 Å². The summed E-state index contributed by atoms with van der Waals surface area (Å²) in [6.45, 7) is 0. The minimum atomic E-state index is -0.382. The van der Waals surface area contributed by atoms with Crippen molar-refractivity contribution in [1.29, 1.82) is 0 Å². The van der Waals surface area contributed by atoms with Gasteiger partial charge in [-0.25, -0.2) is 4.98 Å². The molecule has 0 amide bonds. The molecule has 0 aliphatic carbocycles. The molecule has 64 heavy (non-hydrogen) atoms. The van der Waals surface area contributed by atoms with E-state index in [1.54, 1.807) is 4.57 Å². The predicted octanol–water partition coefficient (Wildman–Crippen LogP) is 15.6. The molecule has 0 saturated carbocycles. The molecule has 5 heterocycles. The Balaban J connectivity index is 1.19. The summed E-state index contributed by atoms with van der Waals surface area (Å²) in [5, 5.41) is 6.02. The third-order valence-electron chi connectivity index (χ3n) is 12.7. The van der Waals surface area contributed by atoms with Crippen molar-refractivity contribution < 1.29 is 15.4 Å². The molecule has 14 aromatic rings. The van der Waals surface area contributed by atoms with E-state index in [-0.39, 0.29) is 59.4 Å². The molecule has 14 rings (SSSR count). The topological polar surface area (TPSA) is 40.8 Å². The Morgan fingerprint density at radius 3 is 1.59 bits per heavy atom. The molecule has 298 valence electrons. The van der Waals surface area contributed by atoms with Crippen LogP contribution in [-0.4, -0.2) is 18.7 Å². The van der Waals surface area contributed by atoms with Gasteiger partial charge in [0.25, 0.3) is 0 Å². The quantitative estimate of drug-likeness (QED) is 0.173. The van der Waals surface area contributed by atoms with Crippen LogP contribution >= 0.6 is 0 Å². The SMILES string of the molecule is [2H]c1c([2H])c([2H])c2c(c1[2H])c1ccccc1n2-c1cc(-c2c(-c3ccc4oc5ccccc5c4c3)cccc2-n2c3ccccc3c3ccccc32)nc(-n2c3ccccc3c3c([2H])c([2H])c([2H])c([2H])c32)c1. The largest absolute Gasteiger partial charge is 0.456 e. The highest BCUT2D eigenvalue weighted by atomic mass is 16.3. The smallest absolute Gasteiger partial charge is 0.140 e. The Labute approximate surface area is 378 Å². The summed E-state index contributed by atoms with van der Waals surface area (Å²) in [5.74, 6) is 0.324. The first-order valence-corrected chi connectivity index (χ1v) is 21.1. The number of furan rings is 1. The maximum Gasteiger partial charge on any atom is 0.140 e. The van der Waals surface area contributed by atoms with Crippen molar-refractivity contribution in [2.75, 3.05) is 0 Å². The molecule has 0 aliphatic heterocycles. The maximum absolute atomic E-state index is 9.48. The molecule has 5 heteroatoms. The number of rotatable bonds is 5. The molecule has 5 nitrogen and oxygen atoms in total. The van der Waals surface area contributed by atoms with E-state index in [1.165, 1.54) is 0 Å². The second-order valence-electron chi connectivity index (χ2n) is 16.1. The number of benzene rings is 9. The van der Waals surface area contributed by atoms with E-state index in [9.17, 15) is 5.48 Å². The lowest BCUT2D eigenvalue weighted by Crippen LogP contribution is -2.05. The highest BCUT2D eigenvalue weighted by molar-refractivity contribution is 6.13. The standard InChI is InChI=1S/C59H36N4O/c1-8-24-49-40(16-1)41-17-2-9-25-50(41)61(49)38-35-48(60-58(36-38)63-53-28-12-5-20-44(53)45-21-6-13-29-54(45)63)59-39(37-32-33-57-47(34-37)46-22-7-14-31-56(46)64-57)23-15-30-55(59)62-51-26-10-3-18-42(51)43-19-4-11-27-52(43)62/h1-36H/i1D,5D,8D,12D,16D,20D,24D,28D. The first kappa shape index (κ1) is 28.0. The lowest BCUT2D eigenvalue weighted by atomic mass is 9.94. The molecule has 0 N–H and O–H groups in total. The predicted molar refractivity (Wildman–Crippen MR) is 265 cm³/mol.